The average Bonchev–Trinajstić information content (AvgIpc) is 3.56. The predicted molar refractivity (Wildman–Crippen MR) is 303 cm³/mol. The molecule has 1 heterocycles. The van der Waals surface area contributed by atoms with Crippen molar-refractivity contribution in [3.05, 3.63) is 287 Å². The fraction of sp³-hybridized carbons (Fsp3) is 0.235. The second-order valence-electron chi connectivity index (χ2n) is 19.9. The topological polar surface area (TPSA) is 181 Å². The van der Waals surface area contributed by atoms with Crippen LogP contribution in [0.5, 0.6) is 0 Å². The molecule has 2 aliphatic rings. The second kappa shape index (κ2) is 28.9. The molecule has 15 heteroatoms. The van der Waals surface area contributed by atoms with Gasteiger partial charge >= 0.3 is 23.9 Å². The summed E-state index contributed by atoms with van der Waals surface area (Å²) < 4.78 is 66.9. The predicted octanol–water partition coefficient (Wildman–Crippen LogP) is 10.3. The van der Waals surface area contributed by atoms with Crippen molar-refractivity contribution >= 4 is 23.9 Å². The highest BCUT2D eigenvalue weighted by molar-refractivity contribution is 5.92. The third kappa shape index (κ3) is 15.3. The van der Waals surface area contributed by atoms with Crippen LogP contribution in [-0.4, -0.2) is 103 Å². The SMILES string of the molecule is O=C(O[C@H]1[C@@H](OC(=O)c2ccccc2)[C@H](OC(=O)c2ccccc2)[C@@H](O)[C@H](O[C@H]2O[C@H](COCc3ccccc3)[C@H](OCc3ccccc3)[C@H](OCc3ccccc3)[C@H]2OCc2ccccc2)[C@@H]1OC(=O)c1ccccc1)c1ccccc1. The van der Waals surface area contributed by atoms with Gasteiger partial charge in [-0.1, -0.05) is 194 Å². The number of esters is 4. The molecule has 0 unspecified atom stereocenters. The summed E-state index contributed by atoms with van der Waals surface area (Å²) in [6.07, 6.45) is -17.2. The maximum absolute atomic E-state index is 14.7. The molecule has 8 aromatic rings. The van der Waals surface area contributed by atoms with Gasteiger partial charge in [0, 0.05) is 0 Å². The van der Waals surface area contributed by atoms with E-state index in [-0.39, 0.29) is 55.3 Å². The first kappa shape index (κ1) is 57.6. The Kier molecular flexibility index (Phi) is 20.0. The average molecular weight is 1120 g/mol. The minimum Gasteiger partial charge on any atom is -0.452 e. The van der Waals surface area contributed by atoms with Crippen molar-refractivity contribution in [1.82, 2.24) is 0 Å². The van der Waals surface area contributed by atoms with E-state index in [0.717, 1.165) is 22.3 Å². The van der Waals surface area contributed by atoms with E-state index in [1.807, 2.05) is 121 Å². The van der Waals surface area contributed by atoms with Crippen LogP contribution in [0.25, 0.3) is 0 Å². The Morgan fingerprint density at radius 2 is 0.614 bits per heavy atom. The number of hydrogen-bond donors (Lipinski definition) is 1. The largest absolute Gasteiger partial charge is 0.452 e. The van der Waals surface area contributed by atoms with Crippen LogP contribution >= 0.6 is 0 Å². The summed E-state index contributed by atoms with van der Waals surface area (Å²) in [5.41, 5.74) is 3.64. The van der Waals surface area contributed by atoms with Gasteiger partial charge < -0.3 is 52.5 Å². The summed E-state index contributed by atoms with van der Waals surface area (Å²) in [6, 6.07) is 70.0. The van der Waals surface area contributed by atoms with Gasteiger partial charge in [0.1, 0.15) is 36.6 Å². The number of carbonyl (C=O) groups excluding carboxylic acids is 4. The molecule has 0 bridgehead atoms. The van der Waals surface area contributed by atoms with Crippen LogP contribution < -0.4 is 0 Å². The summed E-state index contributed by atoms with van der Waals surface area (Å²) in [5.74, 6) is -3.76. The lowest BCUT2D eigenvalue weighted by molar-refractivity contribution is -0.355. The molecule has 8 aromatic carbocycles. The molecular formula is C68H62O15. The minimum atomic E-state index is -2.06. The van der Waals surface area contributed by atoms with Gasteiger partial charge in [0.25, 0.3) is 0 Å². The van der Waals surface area contributed by atoms with Gasteiger partial charge in [-0.15, -0.1) is 0 Å². The number of rotatable bonds is 23. The Bertz CT molecular complexity index is 3270. The quantitative estimate of drug-likeness (QED) is 0.0472. The zero-order valence-corrected chi connectivity index (χ0v) is 45.1. The molecule has 0 amide bonds. The summed E-state index contributed by atoms with van der Waals surface area (Å²) in [5, 5.41) is 13.2. The monoisotopic (exact) mass is 1120 g/mol. The molecule has 0 radical (unpaired) electrons. The van der Waals surface area contributed by atoms with Gasteiger partial charge in [0.2, 0.25) is 0 Å². The maximum Gasteiger partial charge on any atom is 0.338 e. The summed E-state index contributed by atoms with van der Waals surface area (Å²) in [7, 11) is 0. The molecule has 0 spiro atoms. The number of carbonyl (C=O) groups is 4. The number of aliphatic hydroxyl groups excluding tert-OH is 1. The highest BCUT2D eigenvalue weighted by Crippen LogP contribution is 2.39. The van der Waals surface area contributed by atoms with Crippen LogP contribution in [0.2, 0.25) is 0 Å². The van der Waals surface area contributed by atoms with Crippen LogP contribution in [0.1, 0.15) is 63.7 Å². The lowest BCUT2D eigenvalue weighted by atomic mass is 9.83. The lowest BCUT2D eigenvalue weighted by Gasteiger charge is -2.50. The Balaban J connectivity index is 1.11. The molecule has 1 aliphatic heterocycles. The molecule has 1 saturated carbocycles. The normalized spacial score (nSPS) is 23.0. The summed E-state index contributed by atoms with van der Waals surface area (Å²) in [6.45, 7) is 0.283. The summed E-state index contributed by atoms with van der Waals surface area (Å²) >= 11 is 0. The van der Waals surface area contributed by atoms with Crippen molar-refractivity contribution in [1.29, 1.82) is 0 Å². The Labute approximate surface area is 481 Å². The van der Waals surface area contributed by atoms with Crippen LogP contribution in [0, 0.1) is 0 Å². The molecule has 10 rings (SSSR count). The van der Waals surface area contributed by atoms with Crippen LogP contribution in [0.3, 0.4) is 0 Å². The number of benzene rings is 8. The van der Waals surface area contributed by atoms with Gasteiger partial charge in [0.05, 0.1) is 55.3 Å². The Hall–Kier alpha value is -8.64. The minimum absolute atomic E-state index is 0.00766. The molecule has 1 saturated heterocycles. The van der Waals surface area contributed by atoms with Gasteiger partial charge in [-0.2, -0.15) is 0 Å². The van der Waals surface area contributed by atoms with Crippen molar-refractivity contribution < 1.29 is 71.7 Å². The second-order valence-corrected chi connectivity index (χ2v) is 19.9. The van der Waals surface area contributed by atoms with E-state index < -0.39 is 91.2 Å². The standard InChI is InChI=1S/C68H62O15/c69-55-57(79-64(70)50-33-17-5-18-34-50)60(80-65(71)51-35-19-6-20-36-51)62(82-67(73)53-39-23-8-24-40-53)61(81-66(72)52-37-21-7-22-38-52)58(55)83-68-63(77-44-49-31-15-4-16-32-49)59(76-43-48-29-13-3-14-30-48)56(75-42-47-27-11-2-12-28-47)54(78-68)45-74-41-46-25-9-1-10-26-46/h1-40,54-63,68-69H,41-45H2/t54-,55-,56+,57-,58+,59+,60+,61+,62+,63-,68-/m1/s1. The Morgan fingerprint density at radius 3 is 0.988 bits per heavy atom. The third-order valence-electron chi connectivity index (χ3n) is 14.1. The van der Waals surface area contributed by atoms with E-state index in [9.17, 15) is 24.3 Å². The fourth-order valence-corrected chi connectivity index (χ4v) is 9.91. The highest BCUT2D eigenvalue weighted by Gasteiger charge is 2.61. The van der Waals surface area contributed by atoms with E-state index in [1.54, 1.807) is 72.8 Å². The molecule has 2 fully saturated rings. The van der Waals surface area contributed by atoms with E-state index in [1.165, 1.54) is 48.5 Å². The highest BCUT2D eigenvalue weighted by atomic mass is 16.7. The first-order valence-electron chi connectivity index (χ1n) is 27.4. The number of aliphatic hydroxyl groups is 1. The van der Waals surface area contributed by atoms with Crippen LogP contribution in [0.15, 0.2) is 243 Å². The van der Waals surface area contributed by atoms with Crippen LogP contribution in [0.4, 0.5) is 0 Å². The maximum atomic E-state index is 14.7. The van der Waals surface area contributed by atoms with Crippen molar-refractivity contribution in [3.63, 3.8) is 0 Å². The van der Waals surface area contributed by atoms with Crippen molar-refractivity contribution in [2.24, 2.45) is 0 Å². The van der Waals surface area contributed by atoms with E-state index in [2.05, 4.69) is 0 Å². The molecular weight excluding hydrogens is 1060 g/mol. The first-order valence-corrected chi connectivity index (χ1v) is 27.4. The molecule has 15 nitrogen and oxygen atoms in total. The Morgan fingerprint density at radius 1 is 0.325 bits per heavy atom. The molecule has 0 aromatic heterocycles. The van der Waals surface area contributed by atoms with Crippen molar-refractivity contribution in [2.75, 3.05) is 6.61 Å². The zero-order chi connectivity index (χ0) is 57.2. The third-order valence-corrected chi connectivity index (χ3v) is 14.1. The molecule has 83 heavy (non-hydrogen) atoms. The van der Waals surface area contributed by atoms with Gasteiger partial charge in [0.15, 0.2) is 30.7 Å². The van der Waals surface area contributed by atoms with Gasteiger partial charge in [-0.25, -0.2) is 19.2 Å². The van der Waals surface area contributed by atoms with Crippen molar-refractivity contribution in [2.45, 2.75) is 93.8 Å². The van der Waals surface area contributed by atoms with E-state index in [0.29, 0.717) is 0 Å². The van der Waals surface area contributed by atoms with Gasteiger partial charge in [-0.05, 0) is 70.8 Å². The zero-order valence-electron chi connectivity index (χ0n) is 45.1. The molecule has 11 atom stereocenters. The van der Waals surface area contributed by atoms with Crippen LogP contribution in [-0.2, 0) is 73.8 Å². The number of ether oxygens (including phenoxy) is 10. The molecule has 1 N–H and O–H groups in total. The smallest absolute Gasteiger partial charge is 0.338 e. The van der Waals surface area contributed by atoms with Crippen molar-refractivity contribution in [3.8, 4) is 0 Å². The number of hydrogen-bond acceptors (Lipinski definition) is 15. The van der Waals surface area contributed by atoms with E-state index in [4.69, 9.17) is 47.4 Å². The van der Waals surface area contributed by atoms with Gasteiger partial charge in [-0.3, -0.25) is 0 Å². The summed E-state index contributed by atoms with van der Waals surface area (Å²) in [4.78, 5) is 58.1. The first-order chi connectivity index (χ1) is 40.8. The fourth-order valence-electron chi connectivity index (χ4n) is 9.91. The molecule has 1 aliphatic carbocycles. The lowest BCUT2D eigenvalue weighted by Crippen LogP contribution is -2.70. The molecule has 424 valence electrons. The van der Waals surface area contributed by atoms with E-state index >= 15 is 0 Å².